The lowest BCUT2D eigenvalue weighted by Crippen LogP contribution is -2.33. The second kappa shape index (κ2) is 7.70. The molecular weight excluding hydrogens is 324 g/mol. The minimum absolute atomic E-state index is 0.0637. The van der Waals surface area contributed by atoms with Crippen molar-refractivity contribution in [1.82, 2.24) is 20.1 Å². The van der Waals surface area contributed by atoms with Crippen molar-refractivity contribution >= 4 is 17.7 Å². The first kappa shape index (κ1) is 16.8. The fourth-order valence-electron chi connectivity index (χ4n) is 2.93. The van der Waals surface area contributed by atoms with Crippen LogP contribution < -0.4 is 10.1 Å². The van der Waals surface area contributed by atoms with E-state index in [9.17, 15) is 4.79 Å². The van der Waals surface area contributed by atoms with E-state index in [1.807, 2.05) is 35.8 Å². The van der Waals surface area contributed by atoms with Gasteiger partial charge >= 0.3 is 0 Å². The molecule has 0 aliphatic heterocycles. The molecular formula is C17H22N4O2S. The third kappa shape index (κ3) is 3.90. The zero-order valence-corrected chi connectivity index (χ0v) is 14.8. The average Bonchev–Trinajstić information content (AvgIpc) is 3.23. The minimum Gasteiger partial charge on any atom is -0.497 e. The highest BCUT2D eigenvalue weighted by Gasteiger charge is 2.18. The molecule has 1 fully saturated rings. The molecule has 0 atom stereocenters. The Balaban J connectivity index is 1.66. The number of hydrogen-bond donors (Lipinski definition) is 1. The van der Waals surface area contributed by atoms with E-state index in [4.69, 9.17) is 4.74 Å². The van der Waals surface area contributed by atoms with Gasteiger partial charge in [0.05, 0.1) is 12.9 Å². The van der Waals surface area contributed by atoms with Crippen LogP contribution in [0.4, 0.5) is 0 Å². The van der Waals surface area contributed by atoms with E-state index < -0.39 is 0 Å². The predicted octanol–water partition coefficient (Wildman–Crippen LogP) is 2.74. The predicted molar refractivity (Wildman–Crippen MR) is 93.8 cm³/mol. The summed E-state index contributed by atoms with van der Waals surface area (Å²) in [6.45, 7) is 1.90. The monoisotopic (exact) mass is 346 g/mol. The summed E-state index contributed by atoms with van der Waals surface area (Å²) < 4.78 is 7.14. The normalized spacial score (nSPS) is 14.8. The number of ether oxygens (including phenoxy) is 1. The van der Waals surface area contributed by atoms with E-state index in [0.717, 1.165) is 35.3 Å². The number of methoxy groups -OCH3 is 1. The van der Waals surface area contributed by atoms with Crippen LogP contribution >= 0.6 is 11.8 Å². The molecule has 1 heterocycles. The Morgan fingerprint density at radius 1 is 1.29 bits per heavy atom. The molecule has 1 aliphatic rings. The second-order valence-corrected chi connectivity index (χ2v) is 6.84. The quantitative estimate of drug-likeness (QED) is 0.815. The fraction of sp³-hybridized carbons (Fsp3) is 0.471. The van der Waals surface area contributed by atoms with Crippen LogP contribution in [0.15, 0.2) is 29.4 Å². The summed E-state index contributed by atoms with van der Waals surface area (Å²) in [5.74, 6) is 2.01. The SMILES string of the molecule is COc1ccc(-n2c(C)nnc2SCC(=O)NC2CCCC2)cc1. The van der Waals surface area contributed by atoms with Gasteiger partial charge in [-0.15, -0.1) is 10.2 Å². The van der Waals surface area contributed by atoms with Crippen molar-refractivity contribution in [2.24, 2.45) is 0 Å². The van der Waals surface area contributed by atoms with Crippen LogP contribution in [-0.4, -0.2) is 39.6 Å². The second-order valence-electron chi connectivity index (χ2n) is 5.90. The van der Waals surface area contributed by atoms with Gasteiger partial charge in [0, 0.05) is 11.7 Å². The summed E-state index contributed by atoms with van der Waals surface area (Å²) in [7, 11) is 1.64. The topological polar surface area (TPSA) is 69.0 Å². The number of thioether (sulfide) groups is 1. The van der Waals surface area contributed by atoms with Crippen LogP contribution in [0, 0.1) is 6.92 Å². The largest absolute Gasteiger partial charge is 0.497 e. The van der Waals surface area contributed by atoms with Crippen molar-refractivity contribution in [3.8, 4) is 11.4 Å². The van der Waals surface area contributed by atoms with E-state index in [1.165, 1.54) is 24.6 Å². The van der Waals surface area contributed by atoms with E-state index in [2.05, 4.69) is 15.5 Å². The van der Waals surface area contributed by atoms with Crippen molar-refractivity contribution in [2.45, 2.75) is 43.8 Å². The number of carbonyl (C=O) groups excluding carboxylic acids is 1. The summed E-state index contributed by atoms with van der Waals surface area (Å²) in [5, 5.41) is 12.2. The maximum Gasteiger partial charge on any atom is 0.230 e. The van der Waals surface area contributed by atoms with Crippen molar-refractivity contribution in [2.75, 3.05) is 12.9 Å². The zero-order valence-electron chi connectivity index (χ0n) is 14.0. The molecule has 2 aromatic rings. The zero-order chi connectivity index (χ0) is 16.9. The highest BCUT2D eigenvalue weighted by Crippen LogP contribution is 2.24. The Hall–Kier alpha value is -2.02. The summed E-state index contributed by atoms with van der Waals surface area (Å²) in [6.07, 6.45) is 4.61. The summed E-state index contributed by atoms with van der Waals surface area (Å²) >= 11 is 1.41. The number of amides is 1. The lowest BCUT2D eigenvalue weighted by molar-refractivity contribution is -0.119. The molecule has 0 saturated heterocycles. The summed E-state index contributed by atoms with van der Waals surface area (Å²) in [4.78, 5) is 12.1. The lowest BCUT2D eigenvalue weighted by Gasteiger charge is -2.12. The number of aryl methyl sites for hydroxylation is 1. The molecule has 0 unspecified atom stereocenters. The maximum absolute atomic E-state index is 12.1. The smallest absolute Gasteiger partial charge is 0.230 e. The molecule has 1 aromatic carbocycles. The van der Waals surface area contributed by atoms with Crippen LogP contribution in [0.3, 0.4) is 0 Å². The number of nitrogens with one attached hydrogen (secondary N) is 1. The number of nitrogens with zero attached hydrogens (tertiary/aromatic N) is 3. The Labute approximate surface area is 146 Å². The van der Waals surface area contributed by atoms with Crippen LogP contribution in [-0.2, 0) is 4.79 Å². The van der Waals surface area contributed by atoms with E-state index >= 15 is 0 Å². The third-order valence-electron chi connectivity index (χ3n) is 4.18. The first-order valence-corrected chi connectivity index (χ1v) is 9.14. The summed E-state index contributed by atoms with van der Waals surface area (Å²) in [6, 6.07) is 8.06. The van der Waals surface area contributed by atoms with Gasteiger partial charge < -0.3 is 10.1 Å². The van der Waals surface area contributed by atoms with Gasteiger partial charge in [-0.2, -0.15) is 0 Å². The molecule has 1 N–H and O–H groups in total. The minimum atomic E-state index is 0.0637. The van der Waals surface area contributed by atoms with Gasteiger partial charge in [-0.1, -0.05) is 24.6 Å². The number of aromatic nitrogens is 3. The molecule has 24 heavy (non-hydrogen) atoms. The average molecular weight is 346 g/mol. The van der Waals surface area contributed by atoms with Crippen LogP contribution in [0.5, 0.6) is 5.75 Å². The van der Waals surface area contributed by atoms with Gasteiger partial charge in [-0.25, -0.2) is 0 Å². The molecule has 0 bridgehead atoms. The van der Waals surface area contributed by atoms with Gasteiger partial charge in [-0.05, 0) is 44.0 Å². The molecule has 0 radical (unpaired) electrons. The van der Waals surface area contributed by atoms with Crippen molar-refractivity contribution in [1.29, 1.82) is 0 Å². The first-order chi connectivity index (χ1) is 11.7. The first-order valence-electron chi connectivity index (χ1n) is 8.16. The number of carbonyl (C=O) groups is 1. The number of benzene rings is 1. The molecule has 1 amide bonds. The van der Waals surface area contributed by atoms with E-state index in [1.54, 1.807) is 7.11 Å². The Morgan fingerprint density at radius 3 is 2.67 bits per heavy atom. The molecule has 3 rings (SSSR count). The van der Waals surface area contributed by atoms with Crippen LogP contribution in [0.2, 0.25) is 0 Å². The van der Waals surface area contributed by atoms with Gasteiger partial charge in [0.15, 0.2) is 5.16 Å². The summed E-state index contributed by atoms with van der Waals surface area (Å²) in [5.41, 5.74) is 0.956. The van der Waals surface area contributed by atoms with Crippen LogP contribution in [0.25, 0.3) is 5.69 Å². The molecule has 6 nitrogen and oxygen atoms in total. The Kier molecular flexibility index (Phi) is 5.40. The molecule has 128 valence electrons. The van der Waals surface area contributed by atoms with Crippen molar-refractivity contribution < 1.29 is 9.53 Å². The van der Waals surface area contributed by atoms with Gasteiger partial charge in [0.2, 0.25) is 5.91 Å². The van der Waals surface area contributed by atoms with Gasteiger partial charge in [0.1, 0.15) is 11.6 Å². The molecule has 1 aliphatic carbocycles. The fourth-order valence-corrected chi connectivity index (χ4v) is 3.74. The molecule has 7 heteroatoms. The van der Waals surface area contributed by atoms with E-state index in [-0.39, 0.29) is 5.91 Å². The molecule has 0 spiro atoms. The molecule has 1 aromatic heterocycles. The highest BCUT2D eigenvalue weighted by atomic mass is 32.2. The lowest BCUT2D eigenvalue weighted by atomic mass is 10.2. The van der Waals surface area contributed by atoms with E-state index in [0.29, 0.717) is 11.8 Å². The van der Waals surface area contributed by atoms with Crippen LogP contribution in [0.1, 0.15) is 31.5 Å². The van der Waals surface area contributed by atoms with Crippen molar-refractivity contribution in [3.05, 3.63) is 30.1 Å². The molecule has 1 saturated carbocycles. The maximum atomic E-state index is 12.1. The van der Waals surface area contributed by atoms with Crippen molar-refractivity contribution in [3.63, 3.8) is 0 Å². The third-order valence-corrected chi connectivity index (χ3v) is 5.11. The Bertz CT molecular complexity index is 693. The van der Waals surface area contributed by atoms with Gasteiger partial charge in [0.25, 0.3) is 0 Å². The standard InChI is InChI=1S/C17H22N4O2S/c1-12-19-20-17(21(12)14-7-9-15(23-2)10-8-14)24-11-16(22)18-13-5-3-4-6-13/h7-10,13H,3-6,11H2,1-2H3,(H,18,22). The highest BCUT2D eigenvalue weighted by molar-refractivity contribution is 7.99. The van der Waals surface area contributed by atoms with Gasteiger partial charge in [-0.3, -0.25) is 9.36 Å². The Morgan fingerprint density at radius 2 is 2.00 bits per heavy atom. The number of rotatable bonds is 6. The number of hydrogen-bond acceptors (Lipinski definition) is 5.